The van der Waals surface area contributed by atoms with Crippen molar-refractivity contribution in [3.8, 4) is 10.8 Å². The number of carbonyl (C=O) groups excluding carboxylic acids is 1. The lowest BCUT2D eigenvalue weighted by Crippen LogP contribution is -2.40. The molecule has 0 bridgehead atoms. The summed E-state index contributed by atoms with van der Waals surface area (Å²) in [5.74, 6) is -0.722. The van der Waals surface area contributed by atoms with Crippen molar-refractivity contribution >= 4 is 23.2 Å². The Morgan fingerprint density at radius 1 is 1.26 bits per heavy atom. The number of piperidine rings is 1. The number of hydrogen-bond donors (Lipinski definition) is 1. The van der Waals surface area contributed by atoms with Crippen LogP contribution < -0.4 is 0 Å². The van der Waals surface area contributed by atoms with E-state index in [1.54, 1.807) is 30.3 Å². The normalized spacial score (nSPS) is 15.6. The fraction of sp³-hybridized carbons (Fsp3) is 0.400. The highest BCUT2D eigenvalue weighted by Crippen LogP contribution is 2.28. The largest absolute Gasteiger partial charge is 0.481 e. The number of carbonyl (C=O) groups is 2. The second-order valence-corrected chi connectivity index (χ2v) is 6.41. The molecular weight excluding hydrogens is 316 g/mol. The zero-order valence-electron chi connectivity index (χ0n) is 12.6. The van der Waals surface area contributed by atoms with Gasteiger partial charge in [-0.05, 0) is 25.8 Å². The number of hydrogen-bond acceptors (Lipinski definition) is 6. The molecule has 23 heavy (non-hydrogen) atoms. The van der Waals surface area contributed by atoms with Gasteiger partial charge in [0.05, 0.1) is 11.6 Å². The van der Waals surface area contributed by atoms with Gasteiger partial charge < -0.3 is 10.0 Å². The number of aliphatic carboxylic acids is 1. The zero-order chi connectivity index (χ0) is 16.4. The minimum Gasteiger partial charge on any atom is -0.481 e. The Morgan fingerprint density at radius 2 is 1.91 bits per heavy atom. The van der Waals surface area contributed by atoms with Gasteiger partial charge in [-0.3, -0.25) is 9.59 Å². The molecule has 2 aromatic rings. The maximum Gasteiger partial charge on any atom is 0.306 e. The van der Waals surface area contributed by atoms with Gasteiger partial charge in [-0.1, -0.05) is 0 Å². The molecule has 7 nitrogen and oxygen atoms in total. The van der Waals surface area contributed by atoms with Crippen LogP contribution in [0.3, 0.4) is 0 Å². The fourth-order valence-electron chi connectivity index (χ4n) is 2.57. The van der Waals surface area contributed by atoms with Crippen LogP contribution in [0.25, 0.3) is 10.8 Å². The quantitative estimate of drug-likeness (QED) is 0.921. The van der Waals surface area contributed by atoms with Crippen LogP contribution in [0.15, 0.2) is 18.5 Å². The van der Waals surface area contributed by atoms with Crippen LogP contribution in [0.1, 0.15) is 28.2 Å². The van der Waals surface area contributed by atoms with Gasteiger partial charge in [0.15, 0.2) is 10.8 Å². The van der Waals surface area contributed by atoms with Crippen LogP contribution in [-0.2, 0) is 4.79 Å². The minimum atomic E-state index is -0.783. The molecule has 120 valence electrons. The molecule has 1 amide bonds. The highest BCUT2D eigenvalue weighted by atomic mass is 32.1. The summed E-state index contributed by atoms with van der Waals surface area (Å²) in [6.45, 7) is 2.72. The van der Waals surface area contributed by atoms with Crippen LogP contribution in [0.2, 0.25) is 0 Å². The Labute approximate surface area is 137 Å². The van der Waals surface area contributed by atoms with Crippen molar-refractivity contribution in [1.29, 1.82) is 0 Å². The van der Waals surface area contributed by atoms with E-state index in [0.29, 0.717) is 47.3 Å². The average molecular weight is 332 g/mol. The van der Waals surface area contributed by atoms with Gasteiger partial charge in [-0.15, -0.1) is 11.3 Å². The molecule has 1 fully saturated rings. The molecule has 1 aliphatic heterocycles. The summed E-state index contributed by atoms with van der Waals surface area (Å²) < 4.78 is 0. The van der Waals surface area contributed by atoms with E-state index in [2.05, 4.69) is 15.0 Å². The van der Waals surface area contributed by atoms with Crippen LogP contribution in [0.4, 0.5) is 0 Å². The number of amides is 1. The highest BCUT2D eigenvalue weighted by Gasteiger charge is 2.29. The van der Waals surface area contributed by atoms with Crippen molar-refractivity contribution in [2.24, 2.45) is 5.92 Å². The summed E-state index contributed by atoms with van der Waals surface area (Å²) in [6, 6.07) is 1.72. The van der Waals surface area contributed by atoms with E-state index >= 15 is 0 Å². The lowest BCUT2D eigenvalue weighted by atomic mass is 9.97. The van der Waals surface area contributed by atoms with E-state index in [9.17, 15) is 9.59 Å². The van der Waals surface area contributed by atoms with Crippen LogP contribution in [0.5, 0.6) is 0 Å². The Balaban J connectivity index is 1.76. The predicted octanol–water partition coefficient (Wildman–Crippen LogP) is 1.85. The third-order valence-corrected chi connectivity index (χ3v) is 5.02. The van der Waals surface area contributed by atoms with E-state index in [4.69, 9.17) is 5.11 Å². The van der Waals surface area contributed by atoms with Crippen molar-refractivity contribution in [2.45, 2.75) is 19.8 Å². The molecule has 0 saturated carbocycles. The monoisotopic (exact) mass is 332 g/mol. The molecule has 1 saturated heterocycles. The predicted molar refractivity (Wildman–Crippen MR) is 84.1 cm³/mol. The van der Waals surface area contributed by atoms with Gasteiger partial charge in [0.25, 0.3) is 5.91 Å². The van der Waals surface area contributed by atoms with Crippen molar-refractivity contribution in [2.75, 3.05) is 13.1 Å². The van der Waals surface area contributed by atoms with Gasteiger partial charge in [-0.25, -0.2) is 15.0 Å². The summed E-state index contributed by atoms with van der Waals surface area (Å²) in [6.07, 6.45) is 4.26. The number of rotatable bonds is 3. The number of likely N-dealkylation sites (tertiary alicyclic amines) is 1. The Bertz CT molecular complexity index is 724. The number of nitrogens with zero attached hydrogens (tertiary/aromatic N) is 4. The molecule has 0 aromatic carbocycles. The van der Waals surface area contributed by atoms with Crippen LogP contribution >= 0.6 is 11.3 Å². The molecule has 0 atom stereocenters. The Morgan fingerprint density at radius 3 is 2.52 bits per heavy atom. The molecule has 2 aromatic heterocycles. The number of carboxylic acid groups (broad SMARTS) is 1. The van der Waals surface area contributed by atoms with E-state index < -0.39 is 5.97 Å². The molecule has 0 unspecified atom stereocenters. The summed E-state index contributed by atoms with van der Waals surface area (Å²) in [4.78, 5) is 38.6. The van der Waals surface area contributed by atoms with Gasteiger partial charge in [0.2, 0.25) is 0 Å². The third kappa shape index (κ3) is 3.21. The lowest BCUT2D eigenvalue weighted by molar-refractivity contribution is -0.143. The fourth-order valence-corrected chi connectivity index (χ4v) is 3.56. The molecule has 3 rings (SSSR count). The number of aryl methyl sites for hydroxylation is 1. The topological polar surface area (TPSA) is 96.3 Å². The Kier molecular flexibility index (Phi) is 4.33. The molecule has 1 aliphatic rings. The summed E-state index contributed by atoms with van der Waals surface area (Å²) in [5.41, 5.74) is 0.655. The van der Waals surface area contributed by atoms with Crippen molar-refractivity contribution in [1.82, 2.24) is 19.9 Å². The highest BCUT2D eigenvalue weighted by molar-refractivity contribution is 7.17. The van der Waals surface area contributed by atoms with Gasteiger partial charge in [0.1, 0.15) is 4.88 Å². The SMILES string of the molecule is Cc1nc(-c2ncccn2)sc1C(=O)N1CCC(C(=O)O)CC1. The lowest BCUT2D eigenvalue weighted by Gasteiger charge is -2.29. The van der Waals surface area contributed by atoms with E-state index in [1.807, 2.05) is 0 Å². The first kappa shape index (κ1) is 15.5. The first-order valence-electron chi connectivity index (χ1n) is 7.33. The molecule has 8 heteroatoms. The number of carboxylic acids is 1. The van der Waals surface area contributed by atoms with Gasteiger partial charge in [-0.2, -0.15) is 0 Å². The van der Waals surface area contributed by atoms with Crippen molar-refractivity contribution in [3.63, 3.8) is 0 Å². The van der Waals surface area contributed by atoms with Crippen LogP contribution in [0, 0.1) is 12.8 Å². The maximum atomic E-state index is 12.6. The molecular formula is C15H16N4O3S. The molecule has 0 radical (unpaired) electrons. The van der Waals surface area contributed by atoms with E-state index in [1.165, 1.54) is 11.3 Å². The number of aromatic nitrogens is 3. The molecule has 1 N–H and O–H groups in total. The van der Waals surface area contributed by atoms with Gasteiger partial charge in [0, 0.05) is 25.5 Å². The van der Waals surface area contributed by atoms with Gasteiger partial charge >= 0.3 is 5.97 Å². The second kappa shape index (κ2) is 6.41. The number of thiazole rings is 1. The minimum absolute atomic E-state index is 0.0916. The smallest absolute Gasteiger partial charge is 0.306 e. The van der Waals surface area contributed by atoms with E-state index in [0.717, 1.165) is 0 Å². The standard InChI is InChI=1S/C15H16N4O3S/c1-9-11(23-13(18-9)12-16-5-2-6-17-12)14(20)19-7-3-10(4-8-19)15(21)22/h2,5-6,10H,3-4,7-8H2,1H3,(H,21,22). The second-order valence-electron chi connectivity index (χ2n) is 5.41. The van der Waals surface area contributed by atoms with Crippen LogP contribution in [-0.4, -0.2) is 49.9 Å². The van der Waals surface area contributed by atoms with Crippen molar-refractivity contribution in [3.05, 3.63) is 29.0 Å². The van der Waals surface area contributed by atoms with Crippen molar-refractivity contribution < 1.29 is 14.7 Å². The molecule has 0 aliphatic carbocycles. The first-order valence-corrected chi connectivity index (χ1v) is 8.15. The first-order chi connectivity index (χ1) is 11.1. The maximum absolute atomic E-state index is 12.6. The summed E-state index contributed by atoms with van der Waals surface area (Å²) in [7, 11) is 0. The summed E-state index contributed by atoms with van der Waals surface area (Å²) >= 11 is 1.28. The Hall–Kier alpha value is -2.35. The van der Waals surface area contributed by atoms with E-state index in [-0.39, 0.29) is 11.8 Å². The summed E-state index contributed by atoms with van der Waals surface area (Å²) in [5, 5.41) is 9.65. The third-order valence-electron chi connectivity index (χ3n) is 3.88. The zero-order valence-corrected chi connectivity index (χ0v) is 13.4. The molecule has 0 spiro atoms. The molecule has 3 heterocycles. The average Bonchev–Trinajstić information content (AvgIpc) is 2.97.